The average Bonchev–Trinajstić information content (AvgIpc) is 2.92. The fourth-order valence-corrected chi connectivity index (χ4v) is 3.09. The number of anilines is 3. The summed E-state index contributed by atoms with van der Waals surface area (Å²) in [5.74, 6) is 1.49. The van der Waals surface area contributed by atoms with Crippen LogP contribution < -0.4 is 10.6 Å². The zero-order chi connectivity index (χ0) is 14.8. The first kappa shape index (κ1) is 13.8. The first-order chi connectivity index (χ1) is 10.2. The average molecular weight is 298 g/mol. The molecule has 0 atom stereocenters. The van der Waals surface area contributed by atoms with Crippen molar-refractivity contribution in [2.75, 3.05) is 17.7 Å². The molecule has 108 valence electrons. The fourth-order valence-electron chi connectivity index (χ4n) is 2.13. The van der Waals surface area contributed by atoms with Crippen LogP contribution in [-0.2, 0) is 6.42 Å². The van der Waals surface area contributed by atoms with E-state index in [1.807, 2.05) is 7.05 Å². The number of aromatic nitrogens is 2. The molecule has 2 N–H and O–H groups in total. The molecule has 0 fully saturated rings. The molecule has 2 aromatic heterocycles. The SMILES string of the molecule is CCc1cc2c(Nc3ccc(C)cc3)nc(NC)nc2s1. The number of nitrogens with one attached hydrogen (secondary N) is 2. The number of rotatable bonds is 4. The standard InChI is InChI=1S/C16H18N4S/c1-4-12-9-13-14(18-11-7-5-10(2)6-8-11)19-16(17-3)20-15(13)21-12/h5-9H,4H2,1-3H3,(H2,17,18,19,20). The first-order valence-corrected chi connectivity index (χ1v) is 7.83. The van der Waals surface area contributed by atoms with E-state index in [0.29, 0.717) is 5.95 Å². The van der Waals surface area contributed by atoms with Crippen LogP contribution in [0.3, 0.4) is 0 Å². The molecule has 0 saturated heterocycles. The summed E-state index contributed by atoms with van der Waals surface area (Å²) in [7, 11) is 1.84. The van der Waals surface area contributed by atoms with Gasteiger partial charge < -0.3 is 10.6 Å². The summed E-state index contributed by atoms with van der Waals surface area (Å²) in [4.78, 5) is 11.4. The normalized spacial score (nSPS) is 10.8. The van der Waals surface area contributed by atoms with E-state index in [0.717, 1.165) is 28.1 Å². The minimum absolute atomic E-state index is 0.640. The van der Waals surface area contributed by atoms with Gasteiger partial charge in [-0.15, -0.1) is 11.3 Å². The molecule has 0 aliphatic rings. The Morgan fingerprint density at radius 1 is 1.14 bits per heavy atom. The monoisotopic (exact) mass is 298 g/mol. The summed E-state index contributed by atoms with van der Waals surface area (Å²) in [6.45, 7) is 4.24. The van der Waals surface area contributed by atoms with Crippen LogP contribution in [0, 0.1) is 6.92 Å². The zero-order valence-electron chi connectivity index (χ0n) is 12.4. The molecule has 0 spiro atoms. The van der Waals surface area contributed by atoms with Crippen LogP contribution in [0.15, 0.2) is 30.3 Å². The molecule has 3 aromatic rings. The lowest BCUT2D eigenvalue weighted by Gasteiger charge is -2.08. The number of aryl methyl sites for hydroxylation is 2. The van der Waals surface area contributed by atoms with E-state index in [2.05, 4.69) is 64.8 Å². The van der Waals surface area contributed by atoms with Crippen molar-refractivity contribution in [1.29, 1.82) is 0 Å². The van der Waals surface area contributed by atoms with E-state index >= 15 is 0 Å². The fraction of sp³-hybridized carbons (Fsp3) is 0.250. The van der Waals surface area contributed by atoms with Crippen LogP contribution >= 0.6 is 11.3 Å². The molecule has 0 radical (unpaired) electrons. The van der Waals surface area contributed by atoms with Crippen LogP contribution in [0.5, 0.6) is 0 Å². The van der Waals surface area contributed by atoms with Gasteiger partial charge in [-0.3, -0.25) is 0 Å². The molecule has 2 heterocycles. The van der Waals surface area contributed by atoms with Gasteiger partial charge >= 0.3 is 0 Å². The largest absolute Gasteiger partial charge is 0.357 e. The van der Waals surface area contributed by atoms with Crippen LogP contribution in [0.1, 0.15) is 17.4 Å². The van der Waals surface area contributed by atoms with E-state index in [4.69, 9.17) is 0 Å². The van der Waals surface area contributed by atoms with Gasteiger partial charge in [0.05, 0.1) is 5.39 Å². The molecule has 0 bridgehead atoms. The Bertz CT molecular complexity index is 762. The van der Waals surface area contributed by atoms with Gasteiger partial charge in [0.2, 0.25) is 5.95 Å². The smallest absolute Gasteiger partial charge is 0.225 e. The molecule has 21 heavy (non-hydrogen) atoms. The van der Waals surface area contributed by atoms with Crippen molar-refractivity contribution in [3.05, 3.63) is 40.8 Å². The number of hydrogen-bond acceptors (Lipinski definition) is 5. The quantitative estimate of drug-likeness (QED) is 0.752. The molecule has 4 nitrogen and oxygen atoms in total. The molecule has 1 aromatic carbocycles. The van der Waals surface area contributed by atoms with Crippen molar-refractivity contribution >= 4 is 39.0 Å². The maximum absolute atomic E-state index is 4.56. The second-order valence-corrected chi connectivity index (χ2v) is 6.04. The lowest BCUT2D eigenvalue weighted by molar-refractivity contribution is 1.19. The Morgan fingerprint density at radius 2 is 1.90 bits per heavy atom. The number of hydrogen-bond donors (Lipinski definition) is 2. The van der Waals surface area contributed by atoms with Crippen LogP contribution in [0.25, 0.3) is 10.2 Å². The second-order valence-electron chi connectivity index (χ2n) is 4.92. The summed E-state index contributed by atoms with van der Waals surface area (Å²) in [5.41, 5.74) is 2.28. The summed E-state index contributed by atoms with van der Waals surface area (Å²) in [5, 5.41) is 7.51. The second kappa shape index (κ2) is 5.69. The van der Waals surface area contributed by atoms with Gasteiger partial charge in [0.25, 0.3) is 0 Å². The maximum Gasteiger partial charge on any atom is 0.225 e. The Kier molecular flexibility index (Phi) is 3.75. The lowest BCUT2D eigenvalue weighted by Crippen LogP contribution is -2.00. The number of benzene rings is 1. The molecule has 5 heteroatoms. The van der Waals surface area contributed by atoms with Crippen molar-refractivity contribution in [2.24, 2.45) is 0 Å². The van der Waals surface area contributed by atoms with Gasteiger partial charge in [0.15, 0.2) is 0 Å². The predicted molar refractivity (Wildman–Crippen MR) is 90.8 cm³/mol. The summed E-state index contributed by atoms with van der Waals surface area (Å²) in [6, 6.07) is 10.5. The van der Waals surface area contributed by atoms with Crippen molar-refractivity contribution < 1.29 is 0 Å². The molecule has 0 amide bonds. The van der Waals surface area contributed by atoms with Gasteiger partial charge in [-0.2, -0.15) is 4.98 Å². The maximum atomic E-state index is 4.56. The van der Waals surface area contributed by atoms with Crippen molar-refractivity contribution in [3.8, 4) is 0 Å². The molecular formula is C16H18N4S. The highest BCUT2D eigenvalue weighted by Gasteiger charge is 2.11. The summed E-state index contributed by atoms with van der Waals surface area (Å²) >= 11 is 1.72. The van der Waals surface area contributed by atoms with Crippen molar-refractivity contribution in [3.63, 3.8) is 0 Å². The van der Waals surface area contributed by atoms with Gasteiger partial charge in [-0.05, 0) is 31.5 Å². The van der Waals surface area contributed by atoms with Gasteiger partial charge in [-0.25, -0.2) is 4.98 Å². The highest BCUT2D eigenvalue weighted by molar-refractivity contribution is 7.18. The van der Waals surface area contributed by atoms with E-state index in [9.17, 15) is 0 Å². The first-order valence-electron chi connectivity index (χ1n) is 7.01. The minimum Gasteiger partial charge on any atom is -0.357 e. The third-order valence-corrected chi connectivity index (χ3v) is 4.50. The van der Waals surface area contributed by atoms with Crippen LogP contribution in [0.2, 0.25) is 0 Å². The summed E-state index contributed by atoms with van der Waals surface area (Å²) in [6.07, 6.45) is 1.01. The highest BCUT2D eigenvalue weighted by atomic mass is 32.1. The van der Waals surface area contributed by atoms with Crippen LogP contribution in [0.4, 0.5) is 17.5 Å². The Hall–Kier alpha value is -2.14. The van der Waals surface area contributed by atoms with Gasteiger partial charge in [-0.1, -0.05) is 24.6 Å². The molecule has 0 unspecified atom stereocenters. The van der Waals surface area contributed by atoms with E-state index in [1.165, 1.54) is 10.4 Å². The molecule has 0 aliphatic carbocycles. The van der Waals surface area contributed by atoms with Gasteiger partial charge in [0.1, 0.15) is 10.6 Å². The molecular weight excluding hydrogens is 280 g/mol. The highest BCUT2D eigenvalue weighted by Crippen LogP contribution is 2.31. The van der Waals surface area contributed by atoms with Crippen molar-refractivity contribution in [2.45, 2.75) is 20.3 Å². The third kappa shape index (κ3) is 2.83. The topological polar surface area (TPSA) is 49.8 Å². The van der Waals surface area contributed by atoms with Crippen molar-refractivity contribution in [1.82, 2.24) is 9.97 Å². The van der Waals surface area contributed by atoms with Crippen LogP contribution in [-0.4, -0.2) is 17.0 Å². The van der Waals surface area contributed by atoms with E-state index in [1.54, 1.807) is 11.3 Å². The van der Waals surface area contributed by atoms with E-state index < -0.39 is 0 Å². The number of fused-ring (bicyclic) bond motifs is 1. The Labute approximate surface area is 128 Å². The summed E-state index contributed by atoms with van der Waals surface area (Å²) < 4.78 is 0. The minimum atomic E-state index is 0.640. The zero-order valence-corrected chi connectivity index (χ0v) is 13.2. The number of nitrogens with zero attached hydrogens (tertiary/aromatic N) is 2. The molecule has 0 saturated carbocycles. The molecule has 0 aliphatic heterocycles. The molecule has 3 rings (SSSR count). The lowest BCUT2D eigenvalue weighted by atomic mass is 10.2. The number of thiophene rings is 1. The Balaban J connectivity index is 2.06. The third-order valence-electron chi connectivity index (χ3n) is 3.33. The Morgan fingerprint density at radius 3 is 2.57 bits per heavy atom. The van der Waals surface area contributed by atoms with Gasteiger partial charge in [0, 0.05) is 17.6 Å². The predicted octanol–water partition coefficient (Wildman–Crippen LogP) is 4.35. The van der Waals surface area contributed by atoms with E-state index in [-0.39, 0.29) is 0 Å².